The maximum atomic E-state index is 12.3. The number of esters is 1. The van der Waals surface area contributed by atoms with Gasteiger partial charge in [0, 0.05) is 17.4 Å². The van der Waals surface area contributed by atoms with Crippen molar-refractivity contribution in [3.8, 4) is 0 Å². The van der Waals surface area contributed by atoms with Crippen LogP contribution in [0.1, 0.15) is 47.4 Å². The van der Waals surface area contributed by atoms with E-state index >= 15 is 0 Å². The van der Waals surface area contributed by atoms with E-state index < -0.39 is 29.2 Å². The van der Waals surface area contributed by atoms with Gasteiger partial charge in [-0.3, -0.25) is 19.3 Å². The zero-order valence-electron chi connectivity index (χ0n) is 14.2. The van der Waals surface area contributed by atoms with Crippen LogP contribution in [-0.4, -0.2) is 47.8 Å². The second kappa shape index (κ2) is 7.35. The van der Waals surface area contributed by atoms with E-state index in [4.69, 9.17) is 4.74 Å². The Labute approximate surface area is 153 Å². The molecule has 1 N–H and O–H groups in total. The highest BCUT2D eigenvalue weighted by Crippen LogP contribution is 2.26. The van der Waals surface area contributed by atoms with Crippen LogP contribution in [0.3, 0.4) is 0 Å². The molecule has 0 fully saturated rings. The molecular formula is C17H19BrN2O5. The van der Waals surface area contributed by atoms with Gasteiger partial charge in [-0.1, -0.05) is 22.9 Å². The SMILES string of the molecule is CCC(C)(NC(=O)CCN1C(=O)c2ccc(Br)cc2C1=O)C(=O)OC. The van der Waals surface area contributed by atoms with Gasteiger partial charge in [-0.05, 0) is 31.5 Å². The number of hydrogen-bond acceptors (Lipinski definition) is 5. The summed E-state index contributed by atoms with van der Waals surface area (Å²) in [4.78, 5) is 49.6. The number of fused-ring (bicyclic) bond motifs is 1. The number of nitrogens with one attached hydrogen (secondary N) is 1. The lowest BCUT2D eigenvalue weighted by atomic mass is 9.99. The van der Waals surface area contributed by atoms with Crippen LogP contribution < -0.4 is 5.32 Å². The first kappa shape index (κ1) is 19.1. The van der Waals surface area contributed by atoms with E-state index in [-0.39, 0.29) is 13.0 Å². The Hall–Kier alpha value is -2.22. The normalized spacial score (nSPS) is 15.6. The number of nitrogens with zero attached hydrogens (tertiary/aromatic N) is 1. The van der Waals surface area contributed by atoms with Crippen LogP contribution in [-0.2, 0) is 14.3 Å². The summed E-state index contributed by atoms with van der Waals surface area (Å²) in [5.74, 6) is -1.84. The molecule has 0 aliphatic carbocycles. The van der Waals surface area contributed by atoms with Gasteiger partial charge in [0.1, 0.15) is 5.54 Å². The number of methoxy groups -OCH3 is 1. The van der Waals surface area contributed by atoms with Crippen molar-refractivity contribution in [2.24, 2.45) is 0 Å². The number of carbonyl (C=O) groups is 4. The fraction of sp³-hybridized carbons (Fsp3) is 0.412. The molecule has 7 nitrogen and oxygen atoms in total. The zero-order valence-corrected chi connectivity index (χ0v) is 15.8. The molecule has 1 atom stereocenters. The molecular weight excluding hydrogens is 392 g/mol. The fourth-order valence-electron chi connectivity index (χ4n) is 2.56. The topological polar surface area (TPSA) is 92.8 Å². The Morgan fingerprint density at radius 3 is 2.48 bits per heavy atom. The van der Waals surface area contributed by atoms with Gasteiger partial charge in [0.25, 0.3) is 11.8 Å². The second-order valence-electron chi connectivity index (χ2n) is 5.93. The molecule has 0 saturated carbocycles. The highest BCUT2D eigenvalue weighted by atomic mass is 79.9. The molecule has 1 aliphatic rings. The summed E-state index contributed by atoms with van der Waals surface area (Å²) in [6.07, 6.45) is 0.256. The first-order valence-corrected chi connectivity index (χ1v) is 8.58. The summed E-state index contributed by atoms with van der Waals surface area (Å²) in [6.45, 7) is 3.26. The molecule has 3 amide bonds. The average molecular weight is 411 g/mol. The van der Waals surface area contributed by atoms with Crippen LogP contribution in [0.15, 0.2) is 22.7 Å². The van der Waals surface area contributed by atoms with Crippen molar-refractivity contribution in [3.05, 3.63) is 33.8 Å². The molecule has 2 rings (SSSR count). The first-order valence-electron chi connectivity index (χ1n) is 7.78. The third kappa shape index (κ3) is 3.73. The van der Waals surface area contributed by atoms with Crippen LogP contribution >= 0.6 is 15.9 Å². The van der Waals surface area contributed by atoms with Gasteiger partial charge >= 0.3 is 5.97 Å². The van der Waals surface area contributed by atoms with Gasteiger partial charge in [0.05, 0.1) is 18.2 Å². The molecule has 1 aromatic carbocycles. The van der Waals surface area contributed by atoms with Gasteiger partial charge in [-0.15, -0.1) is 0 Å². The average Bonchev–Trinajstić information content (AvgIpc) is 2.82. The lowest BCUT2D eigenvalue weighted by Crippen LogP contribution is -2.52. The summed E-state index contributed by atoms with van der Waals surface area (Å²) >= 11 is 3.27. The van der Waals surface area contributed by atoms with Crippen LogP contribution in [0.2, 0.25) is 0 Å². The van der Waals surface area contributed by atoms with Gasteiger partial charge in [-0.2, -0.15) is 0 Å². The third-order valence-corrected chi connectivity index (χ3v) is 4.75. The molecule has 0 saturated heterocycles. The van der Waals surface area contributed by atoms with E-state index in [0.717, 1.165) is 4.90 Å². The van der Waals surface area contributed by atoms with Gasteiger partial charge in [0.2, 0.25) is 5.91 Å². The van der Waals surface area contributed by atoms with E-state index in [9.17, 15) is 19.2 Å². The summed E-state index contributed by atoms with van der Waals surface area (Å²) < 4.78 is 5.39. The van der Waals surface area contributed by atoms with Crippen molar-refractivity contribution in [3.63, 3.8) is 0 Å². The van der Waals surface area contributed by atoms with Crippen LogP contribution in [0.4, 0.5) is 0 Å². The highest BCUT2D eigenvalue weighted by Gasteiger charge is 2.37. The number of halogens is 1. The molecule has 1 aliphatic heterocycles. The predicted octanol–water partition coefficient (Wildman–Crippen LogP) is 1.89. The summed E-state index contributed by atoms with van der Waals surface area (Å²) in [6, 6.07) is 4.84. The number of benzene rings is 1. The van der Waals surface area contributed by atoms with Crippen LogP contribution in [0.25, 0.3) is 0 Å². The molecule has 1 aromatic rings. The quantitative estimate of drug-likeness (QED) is 0.570. The van der Waals surface area contributed by atoms with Crippen molar-refractivity contribution in [1.29, 1.82) is 0 Å². The lowest BCUT2D eigenvalue weighted by molar-refractivity contribution is -0.150. The number of amides is 3. The summed E-state index contributed by atoms with van der Waals surface area (Å²) in [7, 11) is 1.25. The second-order valence-corrected chi connectivity index (χ2v) is 6.84. The molecule has 0 radical (unpaired) electrons. The smallest absolute Gasteiger partial charge is 0.331 e. The van der Waals surface area contributed by atoms with E-state index in [2.05, 4.69) is 21.2 Å². The lowest BCUT2D eigenvalue weighted by Gasteiger charge is -2.26. The molecule has 0 spiro atoms. The molecule has 8 heteroatoms. The first-order chi connectivity index (χ1) is 11.7. The number of rotatable bonds is 6. The fourth-order valence-corrected chi connectivity index (χ4v) is 2.92. The summed E-state index contributed by atoms with van der Waals surface area (Å²) in [5, 5.41) is 2.61. The Morgan fingerprint density at radius 2 is 1.88 bits per heavy atom. The van der Waals surface area contributed by atoms with Gasteiger partial charge in [0.15, 0.2) is 0 Å². The van der Waals surface area contributed by atoms with Crippen molar-refractivity contribution < 1.29 is 23.9 Å². The zero-order chi connectivity index (χ0) is 18.8. The van der Waals surface area contributed by atoms with Crippen molar-refractivity contribution in [1.82, 2.24) is 10.2 Å². The number of ether oxygens (including phenoxy) is 1. The van der Waals surface area contributed by atoms with Crippen molar-refractivity contribution >= 4 is 39.6 Å². The van der Waals surface area contributed by atoms with Crippen LogP contribution in [0.5, 0.6) is 0 Å². The number of carbonyl (C=O) groups excluding carboxylic acids is 4. The van der Waals surface area contributed by atoms with E-state index in [0.29, 0.717) is 22.0 Å². The van der Waals surface area contributed by atoms with Crippen molar-refractivity contribution in [2.75, 3.05) is 13.7 Å². The minimum atomic E-state index is -1.14. The van der Waals surface area contributed by atoms with E-state index in [1.54, 1.807) is 32.0 Å². The molecule has 1 unspecified atom stereocenters. The predicted molar refractivity (Wildman–Crippen MR) is 93.0 cm³/mol. The summed E-state index contributed by atoms with van der Waals surface area (Å²) in [5.41, 5.74) is -0.507. The highest BCUT2D eigenvalue weighted by molar-refractivity contribution is 9.10. The standard InChI is InChI=1S/C17H19BrN2O5/c1-4-17(2,16(24)25-3)19-13(21)7-8-20-14(22)11-6-5-10(18)9-12(11)15(20)23/h5-6,9H,4,7-8H2,1-3H3,(H,19,21). The molecule has 0 bridgehead atoms. The van der Waals surface area contributed by atoms with E-state index in [1.165, 1.54) is 7.11 Å². The Balaban J connectivity index is 2.02. The van der Waals surface area contributed by atoms with Crippen LogP contribution in [0, 0.1) is 0 Å². The van der Waals surface area contributed by atoms with Gasteiger partial charge < -0.3 is 10.1 Å². The molecule has 0 aromatic heterocycles. The number of imide groups is 1. The Kier molecular flexibility index (Phi) is 5.62. The van der Waals surface area contributed by atoms with Crippen molar-refractivity contribution in [2.45, 2.75) is 32.2 Å². The Bertz CT molecular complexity index is 749. The minimum absolute atomic E-state index is 0.0588. The largest absolute Gasteiger partial charge is 0.467 e. The third-order valence-electron chi connectivity index (χ3n) is 4.25. The maximum Gasteiger partial charge on any atom is 0.331 e. The molecule has 134 valence electrons. The van der Waals surface area contributed by atoms with E-state index in [1.807, 2.05) is 0 Å². The van der Waals surface area contributed by atoms with Gasteiger partial charge in [-0.25, -0.2) is 4.79 Å². The maximum absolute atomic E-state index is 12.3. The monoisotopic (exact) mass is 410 g/mol. The Morgan fingerprint density at radius 1 is 1.24 bits per heavy atom. The molecule has 25 heavy (non-hydrogen) atoms. The molecule has 1 heterocycles. The number of hydrogen-bond donors (Lipinski definition) is 1. The minimum Gasteiger partial charge on any atom is -0.467 e.